The number of likely N-dealkylation sites (tertiary alicyclic amines) is 1. The Morgan fingerprint density at radius 2 is 1.92 bits per heavy atom. The zero-order chi connectivity index (χ0) is 33.5. The number of anilines is 1. The van der Waals surface area contributed by atoms with Crippen molar-refractivity contribution in [1.29, 1.82) is 0 Å². The van der Waals surface area contributed by atoms with Crippen molar-refractivity contribution in [2.75, 3.05) is 52.6 Å². The van der Waals surface area contributed by atoms with E-state index in [4.69, 9.17) is 8.83 Å². The zero-order valence-electron chi connectivity index (χ0n) is 27.2. The molecule has 0 saturated carbocycles. The number of nitrogens with one attached hydrogen (secondary N) is 3. The number of hydrogen-bond donors (Lipinski definition) is 3. The van der Waals surface area contributed by atoms with Gasteiger partial charge in [0.2, 0.25) is 5.43 Å². The highest BCUT2D eigenvalue weighted by molar-refractivity contribution is 6.07. The van der Waals surface area contributed by atoms with Gasteiger partial charge in [-0.05, 0) is 89.7 Å². The molecule has 0 spiro atoms. The summed E-state index contributed by atoms with van der Waals surface area (Å²) in [6.07, 6.45) is 6.16. The van der Waals surface area contributed by atoms with E-state index in [1.807, 2.05) is 14.1 Å². The molecule has 3 aromatic carbocycles. The third-order valence-electron chi connectivity index (χ3n) is 9.30. The van der Waals surface area contributed by atoms with E-state index in [9.17, 15) is 14.5 Å². The summed E-state index contributed by atoms with van der Waals surface area (Å²) in [7, 11) is 6.09. The Hall–Kier alpha value is -5.01. The van der Waals surface area contributed by atoms with Crippen molar-refractivity contribution in [2.24, 2.45) is 5.18 Å². The molecule has 3 N–H and O–H groups in total. The standard InChI is InChI=1S/C35H38FN7O5/c1-41(2)13-5-4-11-37-31-24(36)16-22-32-34(31)48-30-17-26-29(47-28-15-20(40-46)8-9-25(28)39-26)18-27(30)43(32)19-23(33(22)44)35(45)38-12-10-21-7-6-14-42(21)3/h8-9,15-19,21,37,39H,4-7,10-14H2,1-3H3,(H,38,45). The average Bonchev–Trinajstić information content (AvgIpc) is 3.48. The van der Waals surface area contributed by atoms with Crippen LogP contribution in [-0.2, 0) is 0 Å². The van der Waals surface area contributed by atoms with E-state index in [0.29, 0.717) is 57.9 Å². The van der Waals surface area contributed by atoms with Gasteiger partial charge in [-0.15, -0.1) is 4.91 Å². The van der Waals surface area contributed by atoms with E-state index in [1.54, 1.807) is 28.7 Å². The third-order valence-corrected chi connectivity index (χ3v) is 9.30. The predicted octanol–water partition coefficient (Wildman–Crippen LogP) is 6.49. The zero-order valence-corrected chi connectivity index (χ0v) is 27.2. The Labute approximate surface area is 274 Å². The number of nitroso groups, excluding NO2 is 1. The smallest absolute Gasteiger partial charge is 0.256 e. The van der Waals surface area contributed by atoms with Crippen LogP contribution in [0.4, 0.5) is 15.8 Å². The maximum atomic E-state index is 15.9. The number of rotatable bonds is 11. The lowest BCUT2D eigenvalue weighted by molar-refractivity contribution is 0.0949. The summed E-state index contributed by atoms with van der Waals surface area (Å²) in [5.74, 6) is -1.17. The van der Waals surface area contributed by atoms with E-state index in [1.165, 1.54) is 18.3 Å². The fourth-order valence-corrected chi connectivity index (χ4v) is 6.73. The highest BCUT2D eigenvalue weighted by atomic mass is 19.1. The first-order chi connectivity index (χ1) is 23.2. The van der Waals surface area contributed by atoms with Crippen molar-refractivity contribution < 1.29 is 18.0 Å². The van der Waals surface area contributed by atoms with Gasteiger partial charge in [-0.2, -0.15) is 0 Å². The van der Waals surface area contributed by atoms with Gasteiger partial charge in [0, 0.05) is 43.5 Å². The minimum atomic E-state index is -0.646. The quantitative estimate of drug-likeness (QED) is 0.0623. The number of halogens is 1. The molecule has 48 heavy (non-hydrogen) atoms. The minimum Gasteiger partial charge on any atom is -0.453 e. The van der Waals surface area contributed by atoms with Crippen molar-refractivity contribution in [3.8, 4) is 0 Å². The van der Waals surface area contributed by atoms with E-state index in [2.05, 4.69) is 37.6 Å². The van der Waals surface area contributed by atoms with Gasteiger partial charge in [0.05, 0.1) is 21.9 Å². The molecule has 1 atom stereocenters. The van der Waals surface area contributed by atoms with Gasteiger partial charge in [-0.3, -0.25) is 9.59 Å². The molecule has 0 radical (unpaired) electrons. The maximum absolute atomic E-state index is 15.9. The minimum absolute atomic E-state index is 0.0262. The number of aromatic amines is 1. The Kier molecular flexibility index (Phi) is 8.48. The highest BCUT2D eigenvalue weighted by Gasteiger charge is 2.24. The summed E-state index contributed by atoms with van der Waals surface area (Å²) in [5.41, 5.74) is 3.09. The van der Waals surface area contributed by atoms with Gasteiger partial charge < -0.3 is 38.7 Å². The van der Waals surface area contributed by atoms with Gasteiger partial charge in [0.25, 0.3) is 5.91 Å². The van der Waals surface area contributed by atoms with Crippen molar-refractivity contribution in [2.45, 2.75) is 38.1 Å². The number of H-pyrrole nitrogens is 1. The average molecular weight is 656 g/mol. The topological polar surface area (TPSA) is 141 Å². The molecule has 12 nitrogen and oxygen atoms in total. The van der Waals surface area contributed by atoms with Crippen LogP contribution in [-0.4, -0.2) is 78.5 Å². The molecule has 0 bridgehead atoms. The molecular formula is C35H38FN7O5. The molecule has 4 heterocycles. The fraction of sp³-hybridized carbons (Fsp3) is 0.371. The normalized spacial score (nSPS) is 15.5. The fourth-order valence-electron chi connectivity index (χ4n) is 6.73. The number of hydrogen-bond acceptors (Lipinski definition) is 9. The van der Waals surface area contributed by atoms with Crippen LogP contribution < -0.4 is 16.1 Å². The number of carbonyl (C=O) groups excluding carboxylic acids is 1. The lowest BCUT2D eigenvalue weighted by Crippen LogP contribution is -2.34. The molecule has 7 rings (SSSR count). The molecule has 1 unspecified atom stereocenters. The molecule has 250 valence electrons. The summed E-state index contributed by atoms with van der Waals surface area (Å²) in [4.78, 5) is 46.2. The van der Waals surface area contributed by atoms with Crippen LogP contribution in [0, 0.1) is 10.7 Å². The van der Waals surface area contributed by atoms with E-state index in [0.717, 1.165) is 45.2 Å². The number of carbonyl (C=O) groups is 1. The van der Waals surface area contributed by atoms with Crippen LogP contribution in [0.15, 0.2) is 61.4 Å². The number of pyridine rings is 1. The van der Waals surface area contributed by atoms with Crippen molar-refractivity contribution in [1.82, 2.24) is 24.5 Å². The number of benzene rings is 3. The molecule has 1 amide bonds. The van der Waals surface area contributed by atoms with Gasteiger partial charge >= 0.3 is 0 Å². The summed E-state index contributed by atoms with van der Waals surface area (Å²) < 4.78 is 30.2. The molecule has 0 aliphatic carbocycles. The van der Waals surface area contributed by atoms with Crippen molar-refractivity contribution in [3.63, 3.8) is 0 Å². The molecule has 13 heteroatoms. The summed E-state index contributed by atoms with van der Waals surface area (Å²) >= 11 is 0. The van der Waals surface area contributed by atoms with E-state index in [-0.39, 0.29) is 27.9 Å². The second kappa shape index (κ2) is 12.9. The third kappa shape index (κ3) is 5.84. The number of aromatic nitrogens is 2. The largest absolute Gasteiger partial charge is 0.453 e. The molecule has 1 fully saturated rings. The highest BCUT2D eigenvalue weighted by Crippen LogP contribution is 2.35. The van der Waals surface area contributed by atoms with E-state index < -0.39 is 17.2 Å². The number of fused-ring (bicyclic) bond motifs is 4. The second-order valence-electron chi connectivity index (χ2n) is 12.9. The molecule has 3 aromatic heterocycles. The first-order valence-corrected chi connectivity index (χ1v) is 16.3. The monoisotopic (exact) mass is 655 g/mol. The Morgan fingerprint density at radius 3 is 2.69 bits per heavy atom. The van der Waals surface area contributed by atoms with Crippen molar-refractivity contribution >= 4 is 67.1 Å². The van der Waals surface area contributed by atoms with Crippen LogP contribution in [0.25, 0.3) is 49.8 Å². The lowest BCUT2D eigenvalue weighted by atomic mass is 10.1. The molecular weight excluding hydrogens is 617 g/mol. The summed E-state index contributed by atoms with van der Waals surface area (Å²) in [5, 5.41) is 9.14. The molecule has 1 aliphatic rings. The van der Waals surface area contributed by atoms with Crippen LogP contribution in [0.3, 0.4) is 0 Å². The number of unbranched alkanes of at least 4 members (excludes halogenated alkanes) is 1. The molecule has 1 saturated heterocycles. The molecule has 1 aliphatic heterocycles. The summed E-state index contributed by atoms with van der Waals surface area (Å²) in [6, 6.07) is 9.82. The van der Waals surface area contributed by atoms with E-state index >= 15 is 4.39 Å². The second-order valence-corrected chi connectivity index (χ2v) is 12.9. The van der Waals surface area contributed by atoms with Crippen LogP contribution >= 0.6 is 0 Å². The van der Waals surface area contributed by atoms with Crippen LogP contribution in [0.1, 0.15) is 42.5 Å². The van der Waals surface area contributed by atoms with Crippen LogP contribution in [0.2, 0.25) is 0 Å². The SMILES string of the molecule is CN(C)CCCCNc1c(F)cc2c(=O)c(C(=O)NCCC3CCCN3C)cn3c4cc5oc6cc(N=O)ccc6[nH]c5cc4oc1c23. The van der Waals surface area contributed by atoms with Gasteiger partial charge in [0.15, 0.2) is 28.1 Å². The Bertz CT molecular complexity index is 2280. The van der Waals surface area contributed by atoms with Gasteiger partial charge in [-0.1, -0.05) is 0 Å². The first kappa shape index (κ1) is 31.6. The number of nitrogens with zero attached hydrogens (tertiary/aromatic N) is 4. The molecule has 6 aromatic rings. The van der Waals surface area contributed by atoms with Crippen LogP contribution in [0.5, 0.6) is 0 Å². The lowest BCUT2D eigenvalue weighted by Gasteiger charge is -2.19. The first-order valence-electron chi connectivity index (χ1n) is 16.3. The van der Waals surface area contributed by atoms with Crippen molar-refractivity contribution in [3.05, 3.63) is 69.1 Å². The Morgan fingerprint density at radius 1 is 1.08 bits per heavy atom. The predicted molar refractivity (Wildman–Crippen MR) is 186 cm³/mol. The van der Waals surface area contributed by atoms with Gasteiger partial charge in [-0.25, -0.2) is 4.39 Å². The maximum Gasteiger partial charge on any atom is 0.256 e. The number of amides is 1. The van der Waals surface area contributed by atoms with Gasteiger partial charge in [0.1, 0.15) is 22.5 Å². The Balaban J connectivity index is 1.38. The summed E-state index contributed by atoms with van der Waals surface area (Å²) in [6.45, 7) is 2.83.